The molecule has 2 aromatic carbocycles. The van der Waals surface area contributed by atoms with Crippen LogP contribution in [0.2, 0.25) is 0 Å². The van der Waals surface area contributed by atoms with Gasteiger partial charge in [-0.3, -0.25) is 4.79 Å². The molecule has 2 aromatic rings. The van der Waals surface area contributed by atoms with E-state index in [1.54, 1.807) is 14.2 Å². The van der Waals surface area contributed by atoms with Crippen molar-refractivity contribution in [2.45, 2.75) is 52.1 Å². The summed E-state index contributed by atoms with van der Waals surface area (Å²) in [6, 6.07) is 13.7. The van der Waals surface area contributed by atoms with Gasteiger partial charge >= 0.3 is 0 Å². The second-order valence-electron chi connectivity index (χ2n) is 8.02. The molecule has 0 spiro atoms. The van der Waals surface area contributed by atoms with E-state index in [-0.39, 0.29) is 11.3 Å². The molecule has 5 heteroatoms. The largest absolute Gasteiger partial charge is 0.493 e. The maximum atomic E-state index is 12.5. The maximum absolute atomic E-state index is 12.5. The Bertz CT molecular complexity index is 794. The molecule has 0 aliphatic heterocycles. The average Bonchev–Trinajstić information content (AvgIpc) is 2.71. The normalized spacial score (nSPS) is 12.2. The van der Waals surface area contributed by atoms with Gasteiger partial charge in [-0.25, -0.2) is 0 Å². The summed E-state index contributed by atoms with van der Waals surface area (Å²) in [5.74, 6) is 1.98. The Morgan fingerprint density at radius 1 is 1.00 bits per heavy atom. The third kappa shape index (κ3) is 6.41. The molecule has 0 aliphatic rings. The average molecular weight is 400 g/mol. The van der Waals surface area contributed by atoms with Crippen LogP contribution in [0.1, 0.15) is 45.2 Å². The fourth-order valence-electron chi connectivity index (χ4n) is 3.00. The number of ether oxygens (including phenoxy) is 3. The van der Waals surface area contributed by atoms with Gasteiger partial charge < -0.3 is 19.5 Å². The summed E-state index contributed by atoms with van der Waals surface area (Å²) < 4.78 is 16.5. The van der Waals surface area contributed by atoms with Gasteiger partial charge in [0.15, 0.2) is 17.6 Å². The first-order valence-electron chi connectivity index (χ1n) is 10.0. The second-order valence-corrected chi connectivity index (χ2v) is 8.02. The lowest BCUT2D eigenvalue weighted by Crippen LogP contribution is -2.38. The van der Waals surface area contributed by atoms with E-state index in [0.29, 0.717) is 36.6 Å². The molecule has 0 aliphatic carbocycles. The minimum absolute atomic E-state index is 0.0875. The zero-order valence-electron chi connectivity index (χ0n) is 18.4. The highest BCUT2D eigenvalue weighted by atomic mass is 16.5. The van der Waals surface area contributed by atoms with Crippen LogP contribution in [0.3, 0.4) is 0 Å². The van der Waals surface area contributed by atoms with Crippen molar-refractivity contribution in [1.29, 1.82) is 0 Å². The van der Waals surface area contributed by atoms with Crippen molar-refractivity contribution in [3.05, 3.63) is 53.6 Å². The standard InChI is InChI=1S/C24H33NO4/c1-7-20(29-19-11-9-18(10-12-19)24(2,3)4)23(26)25-15-14-17-8-13-21(27-5)22(16-17)28-6/h8-13,16,20H,7,14-15H2,1-6H3,(H,25,26)/t20-/m0/s1. The maximum Gasteiger partial charge on any atom is 0.261 e. The predicted octanol–water partition coefficient (Wildman–Crippen LogP) is 4.52. The number of benzene rings is 2. The molecule has 5 nitrogen and oxygen atoms in total. The Labute approximate surface area is 174 Å². The third-order valence-corrected chi connectivity index (χ3v) is 4.82. The van der Waals surface area contributed by atoms with Crippen LogP contribution < -0.4 is 19.5 Å². The fourth-order valence-corrected chi connectivity index (χ4v) is 3.00. The highest BCUT2D eigenvalue weighted by Crippen LogP contribution is 2.27. The van der Waals surface area contributed by atoms with E-state index in [1.165, 1.54) is 5.56 Å². The minimum Gasteiger partial charge on any atom is -0.493 e. The molecule has 0 heterocycles. The number of hydrogen-bond acceptors (Lipinski definition) is 4. The van der Waals surface area contributed by atoms with Gasteiger partial charge in [-0.2, -0.15) is 0 Å². The molecular formula is C24H33NO4. The van der Waals surface area contributed by atoms with E-state index < -0.39 is 6.10 Å². The Morgan fingerprint density at radius 3 is 2.21 bits per heavy atom. The highest BCUT2D eigenvalue weighted by Gasteiger charge is 2.19. The molecular weight excluding hydrogens is 366 g/mol. The second kappa shape index (κ2) is 10.2. The highest BCUT2D eigenvalue weighted by molar-refractivity contribution is 5.81. The quantitative estimate of drug-likeness (QED) is 0.674. The van der Waals surface area contributed by atoms with Crippen molar-refractivity contribution in [2.24, 2.45) is 0 Å². The van der Waals surface area contributed by atoms with Crippen LogP contribution in [-0.2, 0) is 16.6 Å². The van der Waals surface area contributed by atoms with Crippen LogP contribution in [0, 0.1) is 0 Å². The molecule has 0 aromatic heterocycles. The van der Waals surface area contributed by atoms with Gasteiger partial charge in [0.25, 0.3) is 5.91 Å². The summed E-state index contributed by atoms with van der Waals surface area (Å²) in [4.78, 5) is 12.5. The van der Waals surface area contributed by atoms with Gasteiger partial charge in [0, 0.05) is 6.54 Å². The van der Waals surface area contributed by atoms with Crippen LogP contribution in [0.25, 0.3) is 0 Å². The first-order valence-corrected chi connectivity index (χ1v) is 10.0. The summed E-state index contributed by atoms with van der Waals surface area (Å²) in [7, 11) is 3.22. The number of hydrogen-bond donors (Lipinski definition) is 1. The topological polar surface area (TPSA) is 56.8 Å². The molecule has 1 N–H and O–H groups in total. The van der Waals surface area contributed by atoms with Gasteiger partial charge in [-0.1, -0.05) is 45.9 Å². The van der Waals surface area contributed by atoms with Crippen molar-refractivity contribution in [3.8, 4) is 17.2 Å². The van der Waals surface area contributed by atoms with Gasteiger partial charge in [-0.05, 0) is 53.6 Å². The molecule has 2 rings (SSSR count). The lowest BCUT2D eigenvalue weighted by molar-refractivity contribution is -0.128. The SMILES string of the molecule is CC[C@H](Oc1ccc(C(C)(C)C)cc1)C(=O)NCCc1ccc(OC)c(OC)c1. The Balaban J connectivity index is 1.90. The van der Waals surface area contributed by atoms with Crippen LogP contribution in [0.5, 0.6) is 17.2 Å². The lowest BCUT2D eigenvalue weighted by atomic mass is 9.87. The molecule has 0 unspecified atom stereocenters. The number of nitrogens with one attached hydrogen (secondary N) is 1. The molecule has 0 saturated carbocycles. The van der Waals surface area contributed by atoms with Crippen LogP contribution >= 0.6 is 0 Å². The zero-order valence-corrected chi connectivity index (χ0v) is 18.4. The Kier molecular flexibility index (Phi) is 7.94. The molecule has 0 saturated heterocycles. The number of rotatable bonds is 9. The van der Waals surface area contributed by atoms with E-state index >= 15 is 0 Å². The number of methoxy groups -OCH3 is 2. The van der Waals surface area contributed by atoms with Gasteiger partial charge in [0.2, 0.25) is 0 Å². The zero-order chi connectivity index (χ0) is 21.4. The monoisotopic (exact) mass is 399 g/mol. The van der Waals surface area contributed by atoms with E-state index in [9.17, 15) is 4.79 Å². The molecule has 0 radical (unpaired) electrons. The summed E-state index contributed by atoms with van der Waals surface area (Å²) in [6.45, 7) is 8.98. The molecule has 29 heavy (non-hydrogen) atoms. The number of amides is 1. The molecule has 0 fully saturated rings. The van der Waals surface area contributed by atoms with Crippen molar-refractivity contribution in [1.82, 2.24) is 5.32 Å². The smallest absolute Gasteiger partial charge is 0.261 e. The predicted molar refractivity (Wildman–Crippen MR) is 116 cm³/mol. The molecule has 1 atom stereocenters. The van der Waals surface area contributed by atoms with E-state index in [4.69, 9.17) is 14.2 Å². The van der Waals surface area contributed by atoms with E-state index in [1.807, 2.05) is 37.3 Å². The Morgan fingerprint density at radius 2 is 1.66 bits per heavy atom. The first-order chi connectivity index (χ1) is 13.8. The molecule has 0 bridgehead atoms. The minimum atomic E-state index is -0.513. The number of carbonyl (C=O) groups is 1. The summed E-state index contributed by atoms with van der Waals surface area (Å²) in [5, 5.41) is 2.97. The van der Waals surface area contributed by atoms with Gasteiger partial charge in [0.05, 0.1) is 14.2 Å². The molecule has 158 valence electrons. The van der Waals surface area contributed by atoms with Crippen molar-refractivity contribution in [2.75, 3.05) is 20.8 Å². The van der Waals surface area contributed by atoms with Crippen molar-refractivity contribution < 1.29 is 19.0 Å². The summed E-state index contributed by atoms with van der Waals surface area (Å²) in [5.41, 5.74) is 2.39. The number of carbonyl (C=O) groups excluding carboxylic acids is 1. The summed E-state index contributed by atoms with van der Waals surface area (Å²) >= 11 is 0. The van der Waals surface area contributed by atoms with Gasteiger partial charge in [0.1, 0.15) is 5.75 Å². The van der Waals surface area contributed by atoms with Crippen LogP contribution in [-0.4, -0.2) is 32.8 Å². The van der Waals surface area contributed by atoms with Crippen molar-refractivity contribution >= 4 is 5.91 Å². The Hall–Kier alpha value is -2.69. The third-order valence-electron chi connectivity index (χ3n) is 4.82. The van der Waals surface area contributed by atoms with Crippen LogP contribution in [0.15, 0.2) is 42.5 Å². The van der Waals surface area contributed by atoms with Crippen LogP contribution in [0.4, 0.5) is 0 Å². The lowest BCUT2D eigenvalue weighted by Gasteiger charge is -2.21. The van der Waals surface area contributed by atoms with E-state index in [0.717, 1.165) is 5.56 Å². The van der Waals surface area contributed by atoms with E-state index in [2.05, 4.69) is 38.2 Å². The molecule has 1 amide bonds. The summed E-state index contributed by atoms with van der Waals surface area (Å²) in [6.07, 6.45) is 0.785. The fraction of sp³-hybridized carbons (Fsp3) is 0.458. The van der Waals surface area contributed by atoms with Gasteiger partial charge in [-0.15, -0.1) is 0 Å². The first kappa shape index (κ1) is 22.6. The van der Waals surface area contributed by atoms with Crippen molar-refractivity contribution in [3.63, 3.8) is 0 Å².